The average Bonchev–Trinajstić information content (AvgIpc) is 2.80. The molecule has 18 heavy (non-hydrogen) atoms. The highest BCUT2D eigenvalue weighted by atomic mass is 32.2. The smallest absolute Gasteiger partial charge is 0.104 e. The van der Waals surface area contributed by atoms with Crippen LogP contribution in [0.2, 0.25) is 0 Å². The maximum absolute atomic E-state index is 8.66. The van der Waals surface area contributed by atoms with Gasteiger partial charge < -0.3 is 5.11 Å². The zero-order valence-corrected chi connectivity index (χ0v) is 10.9. The Morgan fingerprint density at radius 1 is 1.44 bits per heavy atom. The Bertz CT molecular complexity index is 581. The highest BCUT2D eigenvalue weighted by molar-refractivity contribution is 7.98. The third kappa shape index (κ3) is 3.66. The summed E-state index contributed by atoms with van der Waals surface area (Å²) >= 11 is 1.75. The van der Waals surface area contributed by atoms with E-state index in [0.717, 1.165) is 16.2 Å². The first-order valence-electron chi connectivity index (χ1n) is 5.58. The van der Waals surface area contributed by atoms with Crippen molar-refractivity contribution in [3.63, 3.8) is 0 Å². The first kappa shape index (κ1) is 12.7. The Morgan fingerprint density at radius 2 is 2.33 bits per heavy atom. The lowest BCUT2D eigenvalue weighted by molar-refractivity contribution is 0.350. The number of aliphatic hydroxyl groups is 1. The van der Waals surface area contributed by atoms with E-state index in [1.807, 2.05) is 37.6 Å². The normalized spacial score (nSPS) is 9.89. The minimum Gasteiger partial charge on any atom is -0.384 e. The third-order valence-electron chi connectivity index (χ3n) is 2.33. The van der Waals surface area contributed by atoms with Crippen LogP contribution >= 0.6 is 11.8 Å². The summed E-state index contributed by atoms with van der Waals surface area (Å²) in [7, 11) is 1.91. The van der Waals surface area contributed by atoms with Crippen LogP contribution in [0.25, 0.3) is 0 Å². The maximum Gasteiger partial charge on any atom is 0.104 e. The van der Waals surface area contributed by atoms with E-state index in [0.29, 0.717) is 0 Å². The molecule has 1 aromatic heterocycles. The molecule has 1 aromatic carbocycles. The first-order chi connectivity index (χ1) is 8.78. The number of nitrogens with zero attached hydrogens (tertiary/aromatic N) is 2. The van der Waals surface area contributed by atoms with Gasteiger partial charge in [-0.3, -0.25) is 4.68 Å². The van der Waals surface area contributed by atoms with Gasteiger partial charge in [0.1, 0.15) is 6.61 Å². The summed E-state index contributed by atoms with van der Waals surface area (Å²) in [4.78, 5) is 1.16. The van der Waals surface area contributed by atoms with Crippen molar-refractivity contribution >= 4 is 11.8 Å². The Morgan fingerprint density at radius 3 is 3.06 bits per heavy atom. The molecule has 92 valence electrons. The molecule has 4 heteroatoms. The number of hydrogen-bond acceptors (Lipinski definition) is 3. The summed E-state index contributed by atoms with van der Waals surface area (Å²) in [5.41, 5.74) is 2.15. The van der Waals surface area contributed by atoms with E-state index in [-0.39, 0.29) is 6.61 Å². The quantitative estimate of drug-likeness (QED) is 0.676. The molecular formula is C14H14N2OS. The summed E-state index contributed by atoms with van der Waals surface area (Å²) in [6.45, 7) is -0.103. The second kappa shape index (κ2) is 6.29. The van der Waals surface area contributed by atoms with Gasteiger partial charge in [0.25, 0.3) is 0 Å². The molecule has 0 radical (unpaired) electrons. The Labute approximate surface area is 111 Å². The van der Waals surface area contributed by atoms with Gasteiger partial charge in [-0.15, -0.1) is 11.8 Å². The molecular weight excluding hydrogens is 244 g/mol. The molecule has 0 saturated heterocycles. The first-order valence-corrected chi connectivity index (χ1v) is 6.56. The van der Waals surface area contributed by atoms with Gasteiger partial charge in [-0.05, 0) is 17.7 Å². The molecule has 0 atom stereocenters. The summed E-state index contributed by atoms with van der Waals surface area (Å²) < 4.78 is 1.80. The van der Waals surface area contributed by atoms with Crippen molar-refractivity contribution in [3.8, 4) is 11.8 Å². The van der Waals surface area contributed by atoms with Gasteiger partial charge in [0.15, 0.2) is 0 Å². The molecule has 0 fully saturated rings. The monoisotopic (exact) mass is 258 g/mol. The van der Waals surface area contributed by atoms with Crippen LogP contribution in [0.3, 0.4) is 0 Å². The van der Waals surface area contributed by atoms with Crippen LogP contribution in [0.15, 0.2) is 41.6 Å². The van der Waals surface area contributed by atoms with E-state index >= 15 is 0 Å². The predicted octanol–water partition coefficient (Wildman–Crippen LogP) is 2.06. The van der Waals surface area contributed by atoms with E-state index in [1.165, 1.54) is 5.56 Å². The van der Waals surface area contributed by atoms with Gasteiger partial charge >= 0.3 is 0 Å². The fraction of sp³-hybridized carbons (Fsp3) is 0.214. The molecule has 2 rings (SSSR count). The lowest BCUT2D eigenvalue weighted by atomic mass is 10.1. The third-order valence-corrected chi connectivity index (χ3v) is 3.35. The van der Waals surface area contributed by atoms with Crippen molar-refractivity contribution in [2.45, 2.75) is 10.6 Å². The van der Waals surface area contributed by atoms with Crippen LogP contribution < -0.4 is 0 Å². The Kier molecular flexibility index (Phi) is 4.46. The van der Waals surface area contributed by atoms with Gasteiger partial charge in [0.05, 0.1) is 6.20 Å². The molecule has 0 spiro atoms. The largest absolute Gasteiger partial charge is 0.384 e. The summed E-state index contributed by atoms with van der Waals surface area (Å²) in [5, 5.41) is 12.8. The van der Waals surface area contributed by atoms with Gasteiger partial charge in [0.2, 0.25) is 0 Å². The standard InChI is InChI=1S/C14H14N2OS/c1-16-10-14(9-15-16)18-11-13-5-2-4-12(8-13)6-3-7-17/h2,4-5,8-10,17H,7,11H2,1H3. The van der Waals surface area contributed by atoms with Crippen molar-refractivity contribution in [2.24, 2.45) is 7.05 Å². The van der Waals surface area contributed by atoms with Crippen LogP contribution in [0, 0.1) is 11.8 Å². The van der Waals surface area contributed by atoms with Crippen LogP contribution in [-0.2, 0) is 12.8 Å². The Hall–Kier alpha value is -1.70. The lowest BCUT2D eigenvalue weighted by Gasteiger charge is -2.00. The van der Waals surface area contributed by atoms with E-state index in [2.05, 4.69) is 23.0 Å². The van der Waals surface area contributed by atoms with Gasteiger partial charge in [0, 0.05) is 29.5 Å². The van der Waals surface area contributed by atoms with E-state index in [1.54, 1.807) is 16.4 Å². The van der Waals surface area contributed by atoms with Crippen molar-refractivity contribution in [1.29, 1.82) is 0 Å². The average molecular weight is 258 g/mol. The molecule has 0 unspecified atom stereocenters. The SMILES string of the molecule is Cn1cc(SCc2cccc(C#CCO)c2)cn1. The number of rotatable bonds is 3. The van der Waals surface area contributed by atoms with Crippen molar-refractivity contribution < 1.29 is 5.11 Å². The molecule has 0 saturated carbocycles. The summed E-state index contributed by atoms with van der Waals surface area (Å²) in [5.74, 6) is 6.45. The molecule has 0 aliphatic rings. The van der Waals surface area contributed by atoms with E-state index in [4.69, 9.17) is 5.11 Å². The number of benzene rings is 1. The minimum atomic E-state index is -0.103. The van der Waals surface area contributed by atoms with Crippen LogP contribution in [0.1, 0.15) is 11.1 Å². The fourth-order valence-corrected chi connectivity index (χ4v) is 2.38. The lowest BCUT2D eigenvalue weighted by Crippen LogP contribution is -1.84. The maximum atomic E-state index is 8.66. The molecule has 0 amide bonds. The van der Waals surface area contributed by atoms with Gasteiger partial charge in [-0.25, -0.2) is 0 Å². The molecule has 3 nitrogen and oxygen atoms in total. The highest BCUT2D eigenvalue weighted by Crippen LogP contribution is 2.22. The summed E-state index contributed by atoms with van der Waals surface area (Å²) in [6.07, 6.45) is 3.86. The molecule has 1 N–H and O–H groups in total. The molecule has 0 aliphatic heterocycles. The predicted molar refractivity (Wildman–Crippen MR) is 73.2 cm³/mol. The number of aromatic nitrogens is 2. The molecule has 0 aliphatic carbocycles. The second-order valence-corrected chi connectivity index (χ2v) is 4.85. The van der Waals surface area contributed by atoms with Crippen LogP contribution in [0.5, 0.6) is 0 Å². The van der Waals surface area contributed by atoms with E-state index in [9.17, 15) is 0 Å². The number of hydrogen-bond donors (Lipinski definition) is 1. The minimum absolute atomic E-state index is 0.103. The molecule has 2 aromatic rings. The Balaban J connectivity index is 2.01. The number of aryl methyl sites for hydroxylation is 1. The highest BCUT2D eigenvalue weighted by Gasteiger charge is 1.99. The zero-order valence-electron chi connectivity index (χ0n) is 10.1. The zero-order chi connectivity index (χ0) is 12.8. The number of aliphatic hydroxyl groups excluding tert-OH is 1. The second-order valence-electron chi connectivity index (χ2n) is 3.80. The summed E-state index contributed by atoms with van der Waals surface area (Å²) in [6, 6.07) is 8.06. The van der Waals surface area contributed by atoms with Gasteiger partial charge in [-0.1, -0.05) is 24.0 Å². The molecule has 0 bridgehead atoms. The topological polar surface area (TPSA) is 38.0 Å². The molecule has 1 heterocycles. The van der Waals surface area contributed by atoms with Crippen molar-refractivity contribution in [2.75, 3.05) is 6.61 Å². The van der Waals surface area contributed by atoms with E-state index < -0.39 is 0 Å². The number of thioether (sulfide) groups is 1. The van der Waals surface area contributed by atoms with Crippen LogP contribution in [0.4, 0.5) is 0 Å². The van der Waals surface area contributed by atoms with Crippen molar-refractivity contribution in [3.05, 3.63) is 47.8 Å². The van der Waals surface area contributed by atoms with Crippen LogP contribution in [-0.4, -0.2) is 21.5 Å². The van der Waals surface area contributed by atoms with Gasteiger partial charge in [-0.2, -0.15) is 5.10 Å². The van der Waals surface area contributed by atoms with Crippen molar-refractivity contribution in [1.82, 2.24) is 9.78 Å². The fourth-order valence-electron chi connectivity index (χ4n) is 1.52.